The molecule has 2 heterocycles. The minimum atomic E-state index is -0.468. The molecule has 0 bridgehead atoms. The third kappa shape index (κ3) is 8.24. The number of rotatable bonds is 9. The van der Waals surface area contributed by atoms with Crippen LogP contribution in [0.2, 0.25) is 5.02 Å². The molecule has 0 aliphatic rings. The Morgan fingerprint density at radius 3 is 2.70 bits per heavy atom. The van der Waals surface area contributed by atoms with Gasteiger partial charge in [0.2, 0.25) is 5.91 Å². The summed E-state index contributed by atoms with van der Waals surface area (Å²) in [6.45, 7) is 0.169. The maximum atomic E-state index is 13.4. The van der Waals surface area contributed by atoms with E-state index in [2.05, 4.69) is 42.2 Å². The van der Waals surface area contributed by atoms with Crippen molar-refractivity contribution in [3.63, 3.8) is 0 Å². The molecule has 0 spiro atoms. The van der Waals surface area contributed by atoms with Crippen LogP contribution >= 0.6 is 11.6 Å². The number of ether oxygens (including phenoxy) is 2. The number of methoxy groups -OCH3 is 1. The van der Waals surface area contributed by atoms with E-state index in [1.807, 2.05) is 0 Å². The van der Waals surface area contributed by atoms with Crippen LogP contribution in [-0.2, 0) is 20.9 Å². The first kappa shape index (κ1) is 28.0. The molecule has 4 rings (SSSR count). The van der Waals surface area contributed by atoms with Gasteiger partial charge in [0, 0.05) is 18.3 Å². The molecule has 40 heavy (non-hydrogen) atoms. The van der Waals surface area contributed by atoms with Gasteiger partial charge in [0.15, 0.2) is 0 Å². The van der Waals surface area contributed by atoms with Gasteiger partial charge in [-0.1, -0.05) is 35.7 Å². The zero-order chi connectivity index (χ0) is 28.3. The van der Waals surface area contributed by atoms with E-state index in [4.69, 9.17) is 16.3 Å². The number of hydrogen-bond acceptors (Lipinski definition) is 8. The van der Waals surface area contributed by atoms with Crippen molar-refractivity contribution >= 4 is 40.8 Å². The molecule has 1 amide bonds. The van der Waals surface area contributed by atoms with E-state index in [0.29, 0.717) is 44.9 Å². The van der Waals surface area contributed by atoms with Crippen LogP contribution in [0.4, 0.5) is 21.7 Å². The van der Waals surface area contributed by atoms with Gasteiger partial charge < -0.3 is 20.1 Å². The maximum absolute atomic E-state index is 13.4. The van der Waals surface area contributed by atoms with Crippen molar-refractivity contribution in [1.82, 2.24) is 15.0 Å². The molecule has 0 aliphatic carbocycles. The van der Waals surface area contributed by atoms with Gasteiger partial charge in [-0.25, -0.2) is 19.3 Å². The fourth-order valence-electron chi connectivity index (χ4n) is 3.37. The zero-order valence-electron chi connectivity index (χ0n) is 21.3. The molecule has 0 saturated heterocycles. The number of halogens is 2. The first-order chi connectivity index (χ1) is 19.4. The summed E-state index contributed by atoms with van der Waals surface area (Å²) in [7, 11) is 1.27. The summed E-state index contributed by atoms with van der Waals surface area (Å²) < 4.78 is 23.7. The second-order valence-corrected chi connectivity index (χ2v) is 8.66. The Kier molecular flexibility index (Phi) is 9.58. The van der Waals surface area contributed by atoms with Gasteiger partial charge in [-0.3, -0.25) is 9.59 Å². The Hall–Kier alpha value is -5.01. The Labute approximate surface area is 234 Å². The smallest absolute Gasteiger partial charge is 0.306 e. The molecule has 9 nitrogen and oxygen atoms in total. The molecule has 0 fully saturated rings. The van der Waals surface area contributed by atoms with Crippen LogP contribution < -0.4 is 15.4 Å². The summed E-state index contributed by atoms with van der Waals surface area (Å²) in [6.07, 6.45) is 2.89. The van der Waals surface area contributed by atoms with Gasteiger partial charge in [0.05, 0.1) is 24.1 Å². The Morgan fingerprint density at radius 1 is 1.05 bits per heavy atom. The molecule has 0 unspecified atom stereocenters. The summed E-state index contributed by atoms with van der Waals surface area (Å²) in [6, 6.07) is 16.3. The van der Waals surface area contributed by atoms with E-state index in [-0.39, 0.29) is 31.2 Å². The zero-order valence-corrected chi connectivity index (χ0v) is 22.0. The molecule has 11 heteroatoms. The highest BCUT2D eigenvalue weighted by Gasteiger charge is 2.09. The molecule has 4 aromatic rings. The van der Waals surface area contributed by atoms with Gasteiger partial charge in [0.1, 0.15) is 41.8 Å². The molecular formula is C29H23ClFN5O4. The number of nitrogens with one attached hydrogen (secondary N) is 2. The number of hydrogen-bond donors (Lipinski definition) is 2. The summed E-state index contributed by atoms with van der Waals surface area (Å²) in [4.78, 5) is 35.9. The van der Waals surface area contributed by atoms with Crippen molar-refractivity contribution < 1.29 is 23.5 Å². The highest BCUT2D eigenvalue weighted by atomic mass is 35.5. The Balaban J connectivity index is 1.42. The standard InChI is InChI=1S/C29H23ClFN5O4/c1-39-28(38)13-12-27(37)36-26-7-3-6-22(34-26)9-8-20-16-32-18-33-29(20)35-23-10-11-25(24(30)15-23)40-17-19-4-2-5-21(31)14-19/h2-7,10-11,14-16,18H,12-13,17H2,1H3,(H,32,33,35)(H,34,36,37). The number of aromatic nitrogens is 3. The summed E-state index contributed by atoms with van der Waals surface area (Å²) >= 11 is 6.41. The SMILES string of the molecule is COC(=O)CCC(=O)Nc1cccc(C#Cc2cncnc2Nc2ccc(OCc3cccc(F)c3)c(Cl)c2)n1. The molecule has 2 aromatic heterocycles. The normalized spacial score (nSPS) is 10.2. The van der Waals surface area contributed by atoms with Gasteiger partial charge in [-0.15, -0.1) is 0 Å². The average Bonchev–Trinajstić information content (AvgIpc) is 2.95. The molecule has 2 aromatic carbocycles. The van der Waals surface area contributed by atoms with Crippen LogP contribution in [0.25, 0.3) is 0 Å². The van der Waals surface area contributed by atoms with Gasteiger partial charge in [-0.05, 0) is 53.9 Å². The summed E-state index contributed by atoms with van der Waals surface area (Å²) in [5.41, 5.74) is 2.23. The van der Waals surface area contributed by atoms with Crippen molar-refractivity contribution in [2.75, 3.05) is 17.7 Å². The molecule has 0 aliphatic heterocycles. The van der Waals surface area contributed by atoms with Gasteiger partial charge in [0.25, 0.3) is 0 Å². The van der Waals surface area contributed by atoms with E-state index >= 15 is 0 Å². The molecule has 0 saturated carbocycles. The topological polar surface area (TPSA) is 115 Å². The number of anilines is 3. The quantitative estimate of drug-likeness (QED) is 0.210. The number of pyridine rings is 1. The summed E-state index contributed by atoms with van der Waals surface area (Å²) in [5, 5.41) is 6.16. The second-order valence-electron chi connectivity index (χ2n) is 8.26. The highest BCUT2D eigenvalue weighted by molar-refractivity contribution is 6.32. The minimum absolute atomic E-state index is 0.0230. The molecule has 202 valence electrons. The van der Waals surface area contributed by atoms with E-state index in [0.717, 1.165) is 0 Å². The lowest BCUT2D eigenvalue weighted by Crippen LogP contribution is -2.14. The lowest BCUT2D eigenvalue weighted by Gasteiger charge is -2.11. The van der Waals surface area contributed by atoms with Crippen LogP contribution in [0.1, 0.15) is 29.7 Å². The monoisotopic (exact) mass is 559 g/mol. The Bertz CT molecular complexity index is 1590. The second kappa shape index (κ2) is 13.7. The number of carbonyl (C=O) groups is 2. The van der Waals surface area contributed by atoms with Crippen LogP contribution in [-0.4, -0.2) is 33.9 Å². The van der Waals surface area contributed by atoms with Crippen molar-refractivity contribution in [3.05, 3.63) is 101 Å². The number of nitrogens with zero attached hydrogens (tertiary/aromatic N) is 3. The van der Waals surface area contributed by atoms with Crippen LogP contribution in [0.15, 0.2) is 73.2 Å². The fraction of sp³-hybridized carbons (Fsp3) is 0.138. The van der Waals surface area contributed by atoms with E-state index in [9.17, 15) is 14.0 Å². The predicted octanol–water partition coefficient (Wildman–Crippen LogP) is 5.28. The van der Waals surface area contributed by atoms with Crippen molar-refractivity contribution in [1.29, 1.82) is 0 Å². The third-order valence-corrected chi connectivity index (χ3v) is 5.61. The molecule has 0 atom stereocenters. The number of esters is 1. The van der Waals surface area contributed by atoms with Crippen LogP contribution in [0, 0.1) is 17.7 Å². The largest absolute Gasteiger partial charge is 0.487 e. The van der Waals surface area contributed by atoms with Crippen molar-refractivity contribution in [2.24, 2.45) is 0 Å². The predicted molar refractivity (Wildman–Crippen MR) is 148 cm³/mol. The number of amides is 1. The maximum Gasteiger partial charge on any atom is 0.306 e. The van der Waals surface area contributed by atoms with Crippen LogP contribution in [0.3, 0.4) is 0 Å². The lowest BCUT2D eigenvalue weighted by molar-refractivity contribution is -0.141. The van der Waals surface area contributed by atoms with Gasteiger partial charge in [-0.2, -0.15) is 0 Å². The lowest BCUT2D eigenvalue weighted by atomic mass is 10.2. The molecule has 0 radical (unpaired) electrons. The van der Waals surface area contributed by atoms with Crippen LogP contribution in [0.5, 0.6) is 5.75 Å². The summed E-state index contributed by atoms with van der Waals surface area (Å²) in [5.74, 6) is 5.95. The van der Waals surface area contributed by atoms with Gasteiger partial charge >= 0.3 is 5.97 Å². The van der Waals surface area contributed by atoms with E-state index in [1.165, 1.54) is 25.6 Å². The first-order valence-electron chi connectivity index (χ1n) is 12.0. The minimum Gasteiger partial charge on any atom is -0.487 e. The Morgan fingerprint density at radius 2 is 1.90 bits per heavy atom. The third-order valence-electron chi connectivity index (χ3n) is 5.32. The van der Waals surface area contributed by atoms with Crippen molar-refractivity contribution in [3.8, 4) is 17.6 Å². The fourth-order valence-corrected chi connectivity index (χ4v) is 3.60. The molecular weight excluding hydrogens is 537 g/mol. The number of carbonyl (C=O) groups excluding carboxylic acids is 2. The first-order valence-corrected chi connectivity index (χ1v) is 12.4. The number of benzene rings is 2. The highest BCUT2D eigenvalue weighted by Crippen LogP contribution is 2.30. The molecule has 2 N–H and O–H groups in total. The van der Waals surface area contributed by atoms with Crippen molar-refractivity contribution in [2.45, 2.75) is 19.4 Å². The average molecular weight is 560 g/mol. The van der Waals surface area contributed by atoms with E-state index in [1.54, 1.807) is 54.7 Å². The van der Waals surface area contributed by atoms with E-state index < -0.39 is 5.97 Å².